The second-order valence-electron chi connectivity index (χ2n) is 5.94. The van der Waals surface area contributed by atoms with Gasteiger partial charge >= 0.3 is 0 Å². The van der Waals surface area contributed by atoms with E-state index in [1.165, 1.54) is 6.39 Å². The fraction of sp³-hybridized carbons (Fsp3) is 0.375. The molecule has 0 radical (unpaired) electrons. The molecule has 1 aliphatic heterocycles. The number of oxazole rings is 1. The highest BCUT2D eigenvalue weighted by molar-refractivity contribution is 6.31. The van der Waals surface area contributed by atoms with Crippen LogP contribution in [0.15, 0.2) is 33.5 Å². The van der Waals surface area contributed by atoms with E-state index in [0.717, 1.165) is 18.4 Å². The lowest BCUT2D eigenvalue weighted by molar-refractivity contribution is -0.125. The van der Waals surface area contributed by atoms with Crippen LogP contribution in [-0.4, -0.2) is 34.1 Å². The number of aromatic nitrogens is 3. The third kappa shape index (κ3) is 3.43. The minimum atomic E-state index is -0.0398. The van der Waals surface area contributed by atoms with E-state index in [1.54, 1.807) is 12.1 Å². The van der Waals surface area contributed by atoms with Crippen LogP contribution >= 0.6 is 11.6 Å². The number of hydrogen-bond donors (Lipinski definition) is 1. The normalized spacial score (nSPS) is 15.6. The van der Waals surface area contributed by atoms with Gasteiger partial charge in [0.1, 0.15) is 5.52 Å². The molecular formula is C16H16ClN5O3. The predicted molar refractivity (Wildman–Crippen MR) is 90.1 cm³/mol. The number of hydrogen-bond acceptors (Lipinski definition) is 7. The Bertz CT molecular complexity index is 871. The molecule has 1 fully saturated rings. The number of nitrogens with zero attached hydrogens (tertiary/aromatic N) is 4. The number of amides is 1. The molecule has 3 aromatic rings. The van der Waals surface area contributed by atoms with Crippen molar-refractivity contribution in [2.24, 2.45) is 5.92 Å². The summed E-state index contributed by atoms with van der Waals surface area (Å²) >= 11 is 5.97. The van der Waals surface area contributed by atoms with Crippen LogP contribution < -0.4 is 10.2 Å². The molecule has 8 nitrogen and oxygen atoms in total. The fourth-order valence-electron chi connectivity index (χ4n) is 2.94. The van der Waals surface area contributed by atoms with E-state index in [0.29, 0.717) is 35.5 Å². The van der Waals surface area contributed by atoms with Gasteiger partial charge in [0.05, 0.1) is 6.54 Å². The zero-order chi connectivity index (χ0) is 17.2. The van der Waals surface area contributed by atoms with Gasteiger partial charge in [0.25, 0.3) is 6.01 Å². The zero-order valence-corrected chi connectivity index (χ0v) is 14.1. The summed E-state index contributed by atoms with van der Waals surface area (Å²) in [6, 6.07) is 5.95. The molecule has 1 N–H and O–H groups in total. The van der Waals surface area contributed by atoms with Crippen molar-refractivity contribution in [1.82, 2.24) is 20.4 Å². The van der Waals surface area contributed by atoms with Crippen LogP contribution in [0.1, 0.15) is 18.7 Å². The number of carbonyl (C=O) groups is 1. The average molecular weight is 362 g/mol. The van der Waals surface area contributed by atoms with E-state index in [-0.39, 0.29) is 18.4 Å². The van der Waals surface area contributed by atoms with Crippen LogP contribution in [0.4, 0.5) is 6.01 Å². The predicted octanol–water partition coefficient (Wildman–Crippen LogP) is 2.40. The highest BCUT2D eigenvalue weighted by Crippen LogP contribution is 2.28. The van der Waals surface area contributed by atoms with Crippen molar-refractivity contribution in [3.63, 3.8) is 0 Å². The Morgan fingerprint density at radius 2 is 2.20 bits per heavy atom. The molecule has 1 saturated heterocycles. The van der Waals surface area contributed by atoms with Gasteiger partial charge in [-0.15, -0.1) is 0 Å². The van der Waals surface area contributed by atoms with Crippen molar-refractivity contribution in [2.75, 3.05) is 18.0 Å². The van der Waals surface area contributed by atoms with Crippen LogP contribution in [0.3, 0.4) is 0 Å². The summed E-state index contributed by atoms with van der Waals surface area (Å²) in [6.45, 7) is 1.70. The van der Waals surface area contributed by atoms with Crippen molar-refractivity contribution in [1.29, 1.82) is 0 Å². The number of anilines is 1. The minimum absolute atomic E-state index is 0.00815. The van der Waals surface area contributed by atoms with Gasteiger partial charge in [-0.25, -0.2) is 0 Å². The maximum Gasteiger partial charge on any atom is 0.298 e. The van der Waals surface area contributed by atoms with Crippen molar-refractivity contribution in [2.45, 2.75) is 19.4 Å². The Morgan fingerprint density at radius 3 is 2.96 bits per heavy atom. The standard InChI is InChI=1S/C16H16ClN5O3/c17-11-1-2-12-13(7-11)25-16(20-12)22-5-3-10(4-6-22)15(23)18-8-14-19-9-24-21-14/h1-2,7,9-10H,3-6,8H2,(H,18,23). The number of halogens is 1. The summed E-state index contributed by atoms with van der Waals surface area (Å²) in [7, 11) is 0. The van der Waals surface area contributed by atoms with E-state index >= 15 is 0 Å². The quantitative estimate of drug-likeness (QED) is 0.761. The SMILES string of the molecule is O=C(NCc1ncon1)C1CCN(c2nc3ccc(Cl)cc3o2)CC1. The van der Waals surface area contributed by atoms with Crippen LogP contribution in [-0.2, 0) is 11.3 Å². The zero-order valence-electron chi connectivity index (χ0n) is 13.3. The molecule has 0 aliphatic carbocycles. The Balaban J connectivity index is 1.34. The molecule has 1 aliphatic rings. The van der Waals surface area contributed by atoms with Crippen molar-refractivity contribution in [3.8, 4) is 0 Å². The van der Waals surface area contributed by atoms with Gasteiger partial charge in [0.15, 0.2) is 11.4 Å². The molecule has 0 unspecified atom stereocenters. The smallest absolute Gasteiger partial charge is 0.298 e. The maximum absolute atomic E-state index is 12.2. The molecule has 0 bridgehead atoms. The maximum atomic E-state index is 12.2. The number of piperidine rings is 1. The summed E-state index contributed by atoms with van der Waals surface area (Å²) < 4.78 is 10.4. The number of rotatable bonds is 4. The number of carbonyl (C=O) groups excluding carboxylic acids is 1. The Hall–Kier alpha value is -2.61. The van der Waals surface area contributed by atoms with Crippen molar-refractivity contribution < 1.29 is 13.7 Å². The number of nitrogens with one attached hydrogen (secondary N) is 1. The first-order chi connectivity index (χ1) is 12.2. The van der Waals surface area contributed by atoms with Crippen molar-refractivity contribution >= 4 is 34.6 Å². The van der Waals surface area contributed by atoms with E-state index in [4.69, 9.17) is 16.0 Å². The van der Waals surface area contributed by atoms with Crippen LogP contribution in [0, 0.1) is 5.92 Å². The topological polar surface area (TPSA) is 97.3 Å². The number of benzene rings is 1. The van der Waals surface area contributed by atoms with Gasteiger partial charge in [-0.05, 0) is 25.0 Å². The van der Waals surface area contributed by atoms with E-state index in [1.807, 2.05) is 6.07 Å². The summed E-state index contributed by atoms with van der Waals surface area (Å²) in [5.74, 6) is 0.437. The largest absolute Gasteiger partial charge is 0.423 e. The first-order valence-electron chi connectivity index (χ1n) is 8.03. The van der Waals surface area contributed by atoms with Crippen molar-refractivity contribution in [3.05, 3.63) is 35.4 Å². The highest BCUT2D eigenvalue weighted by atomic mass is 35.5. The minimum Gasteiger partial charge on any atom is -0.423 e. The van der Waals surface area contributed by atoms with Gasteiger partial charge in [-0.1, -0.05) is 16.8 Å². The van der Waals surface area contributed by atoms with Gasteiger partial charge in [-0.3, -0.25) is 4.79 Å². The second kappa shape index (κ2) is 6.72. The molecule has 0 spiro atoms. The van der Waals surface area contributed by atoms with Crippen LogP contribution in [0.2, 0.25) is 5.02 Å². The third-order valence-corrected chi connectivity index (χ3v) is 4.54. The van der Waals surface area contributed by atoms with E-state index in [9.17, 15) is 4.79 Å². The molecule has 0 atom stereocenters. The lowest BCUT2D eigenvalue weighted by Crippen LogP contribution is -2.40. The third-order valence-electron chi connectivity index (χ3n) is 4.30. The number of fused-ring (bicyclic) bond motifs is 1. The molecule has 25 heavy (non-hydrogen) atoms. The Morgan fingerprint density at radius 1 is 1.36 bits per heavy atom. The summed E-state index contributed by atoms with van der Waals surface area (Å²) in [6.07, 6.45) is 2.71. The van der Waals surface area contributed by atoms with Crippen LogP contribution in [0.25, 0.3) is 11.1 Å². The van der Waals surface area contributed by atoms with Gasteiger partial charge in [0, 0.05) is 30.1 Å². The monoisotopic (exact) mass is 361 g/mol. The second-order valence-corrected chi connectivity index (χ2v) is 6.37. The van der Waals surface area contributed by atoms with Gasteiger partial charge in [-0.2, -0.15) is 9.97 Å². The molecule has 1 amide bonds. The molecule has 4 rings (SSSR count). The highest BCUT2D eigenvalue weighted by Gasteiger charge is 2.27. The van der Waals surface area contributed by atoms with E-state index in [2.05, 4.69) is 29.9 Å². The molecule has 2 aromatic heterocycles. The first-order valence-corrected chi connectivity index (χ1v) is 8.41. The molecule has 9 heteroatoms. The fourth-order valence-corrected chi connectivity index (χ4v) is 3.10. The molecule has 130 valence electrons. The average Bonchev–Trinajstić information content (AvgIpc) is 3.29. The molecule has 3 heterocycles. The summed E-state index contributed by atoms with van der Waals surface area (Å²) in [5, 5.41) is 7.13. The molecular weight excluding hydrogens is 346 g/mol. The summed E-state index contributed by atoms with van der Waals surface area (Å²) in [5.41, 5.74) is 1.45. The van der Waals surface area contributed by atoms with Crippen LogP contribution in [0.5, 0.6) is 0 Å². The molecule has 1 aromatic carbocycles. The van der Waals surface area contributed by atoms with Gasteiger partial charge in [0.2, 0.25) is 12.3 Å². The molecule has 0 saturated carbocycles. The summed E-state index contributed by atoms with van der Waals surface area (Å²) in [4.78, 5) is 22.7. The lowest BCUT2D eigenvalue weighted by atomic mass is 9.96. The first kappa shape index (κ1) is 15.9. The van der Waals surface area contributed by atoms with Gasteiger partial charge < -0.3 is 19.2 Å². The Kier molecular flexibility index (Phi) is 4.27. The lowest BCUT2D eigenvalue weighted by Gasteiger charge is -2.29. The Labute approximate surface area is 148 Å². The van der Waals surface area contributed by atoms with E-state index < -0.39 is 0 Å².